The van der Waals surface area contributed by atoms with Gasteiger partial charge in [-0.3, -0.25) is 0 Å². The normalized spacial score (nSPS) is 10.2. The average Bonchev–Trinajstić information content (AvgIpc) is 2.74. The van der Waals surface area contributed by atoms with E-state index in [9.17, 15) is 4.79 Å². The second kappa shape index (κ2) is 8.85. The number of benzene rings is 2. The third kappa shape index (κ3) is 4.37. The highest BCUT2D eigenvalue weighted by atomic mass is 16.5. The number of hydrogen-bond acceptors (Lipinski definition) is 7. The Morgan fingerprint density at radius 3 is 2.50 bits per heavy atom. The lowest BCUT2D eigenvalue weighted by Crippen LogP contribution is -2.07. The van der Waals surface area contributed by atoms with E-state index >= 15 is 0 Å². The first kappa shape index (κ1) is 19.2. The van der Waals surface area contributed by atoms with Crippen LogP contribution in [0.15, 0.2) is 54.6 Å². The van der Waals surface area contributed by atoms with Crippen molar-refractivity contribution < 1.29 is 14.3 Å². The maximum Gasteiger partial charge on any atom is 0.337 e. The Hall–Kier alpha value is -3.61. The molecule has 28 heavy (non-hydrogen) atoms. The van der Waals surface area contributed by atoms with Gasteiger partial charge in [-0.25, -0.2) is 9.78 Å². The minimum absolute atomic E-state index is 0.412. The highest BCUT2D eigenvalue weighted by molar-refractivity contribution is 5.91. The second-order valence-electron chi connectivity index (χ2n) is 5.89. The van der Waals surface area contributed by atoms with Gasteiger partial charge in [-0.15, -0.1) is 0 Å². The van der Waals surface area contributed by atoms with Gasteiger partial charge in [0.2, 0.25) is 5.95 Å². The Morgan fingerprint density at radius 1 is 1.04 bits per heavy atom. The lowest BCUT2D eigenvalue weighted by Gasteiger charge is -2.14. The van der Waals surface area contributed by atoms with Crippen LogP contribution < -0.4 is 15.4 Å². The summed E-state index contributed by atoms with van der Waals surface area (Å²) in [6, 6.07) is 16.7. The Balaban J connectivity index is 2.01. The molecule has 2 aromatic carbocycles. The molecule has 0 spiro atoms. The number of carbonyl (C=O) groups excluding carboxylic acids is 1. The molecular formula is C21H22N4O3. The summed E-state index contributed by atoms with van der Waals surface area (Å²) >= 11 is 0. The van der Waals surface area contributed by atoms with E-state index in [0.29, 0.717) is 35.3 Å². The van der Waals surface area contributed by atoms with E-state index in [0.717, 1.165) is 11.3 Å². The van der Waals surface area contributed by atoms with Gasteiger partial charge in [0.15, 0.2) is 0 Å². The number of ether oxygens (including phenoxy) is 2. The van der Waals surface area contributed by atoms with Gasteiger partial charge in [0.25, 0.3) is 0 Å². The van der Waals surface area contributed by atoms with Crippen LogP contribution >= 0.6 is 0 Å². The van der Waals surface area contributed by atoms with Crippen molar-refractivity contribution in [3.05, 3.63) is 60.2 Å². The molecule has 2 N–H and O–H groups in total. The highest BCUT2D eigenvalue weighted by Crippen LogP contribution is 2.30. The van der Waals surface area contributed by atoms with Crippen LogP contribution in [-0.2, 0) is 4.74 Å². The predicted molar refractivity (Wildman–Crippen MR) is 109 cm³/mol. The molecule has 0 amide bonds. The fourth-order valence-corrected chi connectivity index (χ4v) is 2.69. The SMILES string of the molecule is CCNc1nc(Nc2cc(C(=O)OC)ccc2OC)cc(-c2ccccc2)n1. The van der Waals surface area contributed by atoms with E-state index in [1.54, 1.807) is 25.3 Å². The lowest BCUT2D eigenvalue weighted by molar-refractivity contribution is 0.0600. The molecule has 0 saturated heterocycles. The van der Waals surface area contributed by atoms with Crippen molar-refractivity contribution in [2.75, 3.05) is 31.4 Å². The van der Waals surface area contributed by atoms with E-state index < -0.39 is 5.97 Å². The lowest BCUT2D eigenvalue weighted by atomic mass is 10.1. The van der Waals surface area contributed by atoms with Gasteiger partial charge in [-0.05, 0) is 25.1 Å². The monoisotopic (exact) mass is 378 g/mol. The minimum atomic E-state index is -0.424. The molecule has 3 aromatic rings. The highest BCUT2D eigenvalue weighted by Gasteiger charge is 2.13. The van der Waals surface area contributed by atoms with Crippen LogP contribution in [0.3, 0.4) is 0 Å². The standard InChI is InChI=1S/C21H22N4O3/c1-4-22-21-24-16(14-8-6-5-7-9-14)13-19(25-21)23-17-12-15(20(26)28-3)10-11-18(17)27-2/h5-13H,4H2,1-3H3,(H2,22,23,24,25). The Morgan fingerprint density at radius 2 is 1.82 bits per heavy atom. The Labute approximate surface area is 163 Å². The largest absolute Gasteiger partial charge is 0.495 e. The molecule has 1 aromatic heterocycles. The molecule has 0 saturated carbocycles. The van der Waals surface area contributed by atoms with Gasteiger partial charge in [0, 0.05) is 18.2 Å². The topological polar surface area (TPSA) is 85.4 Å². The first-order chi connectivity index (χ1) is 13.6. The summed E-state index contributed by atoms with van der Waals surface area (Å²) in [5, 5.41) is 6.37. The molecule has 1 heterocycles. The first-order valence-electron chi connectivity index (χ1n) is 8.86. The molecule has 144 valence electrons. The van der Waals surface area contributed by atoms with Crippen LogP contribution in [0, 0.1) is 0 Å². The average molecular weight is 378 g/mol. The zero-order valence-electron chi connectivity index (χ0n) is 16.0. The van der Waals surface area contributed by atoms with Crippen LogP contribution in [0.2, 0.25) is 0 Å². The molecule has 7 heteroatoms. The van der Waals surface area contributed by atoms with Crippen molar-refractivity contribution in [1.82, 2.24) is 9.97 Å². The fraction of sp³-hybridized carbons (Fsp3) is 0.190. The zero-order valence-corrected chi connectivity index (χ0v) is 16.0. The molecule has 0 aliphatic rings. The number of hydrogen-bond donors (Lipinski definition) is 2. The number of aromatic nitrogens is 2. The van der Waals surface area contributed by atoms with Crippen molar-refractivity contribution in [3.63, 3.8) is 0 Å². The predicted octanol–water partition coefficient (Wildman–Crippen LogP) is 4.11. The number of anilines is 3. The summed E-state index contributed by atoms with van der Waals surface area (Å²) in [5.74, 6) is 1.24. The summed E-state index contributed by atoms with van der Waals surface area (Å²) in [5.41, 5.74) is 2.76. The maximum absolute atomic E-state index is 11.9. The summed E-state index contributed by atoms with van der Waals surface area (Å²) in [7, 11) is 2.91. The van der Waals surface area contributed by atoms with Crippen molar-refractivity contribution in [3.8, 4) is 17.0 Å². The van der Waals surface area contributed by atoms with Gasteiger partial charge in [0.1, 0.15) is 11.6 Å². The zero-order chi connectivity index (χ0) is 19.9. The van der Waals surface area contributed by atoms with E-state index in [-0.39, 0.29) is 0 Å². The molecule has 0 aliphatic carbocycles. The molecular weight excluding hydrogens is 356 g/mol. The second-order valence-corrected chi connectivity index (χ2v) is 5.89. The summed E-state index contributed by atoms with van der Waals surface area (Å²) in [4.78, 5) is 20.9. The van der Waals surface area contributed by atoms with Crippen LogP contribution in [-0.4, -0.2) is 36.7 Å². The van der Waals surface area contributed by atoms with E-state index in [1.807, 2.05) is 43.3 Å². The third-order valence-corrected chi connectivity index (χ3v) is 4.01. The van der Waals surface area contributed by atoms with E-state index in [1.165, 1.54) is 7.11 Å². The number of nitrogens with one attached hydrogen (secondary N) is 2. The smallest absolute Gasteiger partial charge is 0.337 e. The van der Waals surface area contributed by atoms with Crippen molar-refractivity contribution in [1.29, 1.82) is 0 Å². The van der Waals surface area contributed by atoms with Crippen molar-refractivity contribution >= 4 is 23.4 Å². The van der Waals surface area contributed by atoms with Crippen LogP contribution in [0.25, 0.3) is 11.3 Å². The van der Waals surface area contributed by atoms with E-state index in [4.69, 9.17) is 9.47 Å². The van der Waals surface area contributed by atoms with Gasteiger partial charge < -0.3 is 20.1 Å². The molecule has 0 aliphatic heterocycles. The van der Waals surface area contributed by atoms with Crippen molar-refractivity contribution in [2.45, 2.75) is 6.92 Å². The van der Waals surface area contributed by atoms with Crippen molar-refractivity contribution in [2.24, 2.45) is 0 Å². The summed E-state index contributed by atoms with van der Waals surface area (Å²) < 4.78 is 10.2. The number of carbonyl (C=O) groups is 1. The quantitative estimate of drug-likeness (QED) is 0.598. The van der Waals surface area contributed by atoms with Gasteiger partial charge in [0.05, 0.1) is 31.2 Å². The van der Waals surface area contributed by atoms with Crippen LogP contribution in [0.1, 0.15) is 17.3 Å². The first-order valence-corrected chi connectivity index (χ1v) is 8.86. The number of methoxy groups -OCH3 is 2. The van der Waals surface area contributed by atoms with Gasteiger partial charge in [-0.1, -0.05) is 30.3 Å². The fourth-order valence-electron chi connectivity index (χ4n) is 2.69. The molecule has 3 rings (SSSR count). The summed E-state index contributed by atoms with van der Waals surface area (Å²) in [6.07, 6.45) is 0. The van der Waals surface area contributed by atoms with Crippen LogP contribution in [0.4, 0.5) is 17.5 Å². The third-order valence-electron chi connectivity index (χ3n) is 4.01. The van der Waals surface area contributed by atoms with Crippen LogP contribution in [0.5, 0.6) is 5.75 Å². The van der Waals surface area contributed by atoms with Gasteiger partial charge >= 0.3 is 5.97 Å². The minimum Gasteiger partial charge on any atom is -0.495 e. The molecule has 7 nitrogen and oxygen atoms in total. The Kier molecular flexibility index (Phi) is 6.06. The number of esters is 1. The molecule has 0 atom stereocenters. The maximum atomic E-state index is 11.9. The number of rotatable bonds is 7. The summed E-state index contributed by atoms with van der Waals surface area (Å²) in [6.45, 7) is 2.67. The molecule has 0 unspecified atom stereocenters. The molecule has 0 fully saturated rings. The molecule has 0 radical (unpaired) electrons. The van der Waals surface area contributed by atoms with E-state index in [2.05, 4.69) is 20.6 Å². The van der Waals surface area contributed by atoms with Gasteiger partial charge in [-0.2, -0.15) is 4.98 Å². The Bertz CT molecular complexity index is 961. The molecule has 0 bridgehead atoms. The number of nitrogens with zero attached hydrogens (tertiary/aromatic N) is 2.